The predicted octanol–water partition coefficient (Wildman–Crippen LogP) is 5.21. The van der Waals surface area contributed by atoms with Crippen molar-refractivity contribution in [2.45, 2.75) is 20.0 Å². The molecule has 0 unspecified atom stereocenters. The Bertz CT molecular complexity index is 1150. The van der Waals surface area contributed by atoms with Crippen molar-refractivity contribution in [1.29, 1.82) is 0 Å². The van der Waals surface area contributed by atoms with E-state index in [-0.39, 0.29) is 19.0 Å². The van der Waals surface area contributed by atoms with Crippen LogP contribution in [0.2, 0.25) is 0 Å². The smallest absolute Gasteiger partial charge is 0.416 e. The maximum atomic E-state index is 13.1. The van der Waals surface area contributed by atoms with Gasteiger partial charge < -0.3 is 10.1 Å². The standard InChI is InChI=1S/C22H19F3N4O2/c1-13-6-7-17(14(2)26-13)28-21(30)29-10-11-31-19-9-8-18(27-20(19)29)15-4-3-5-16(12-15)22(23,24)25/h3-9,12H,10-11H2,1-2H3,(H,28,30). The van der Waals surface area contributed by atoms with Gasteiger partial charge >= 0.3 is 12.2 Å². The summed E-state index contributed by atoms with van der Waals surface area (Å²) in [7, 11) is 0. The first-order chi connectivity index (χ1) is 14.7. The number of pyridine rings is 2. The van der Waals surface area contributed by atoms with Gasteiger partial charge in [0.05, 0.1) is 29.2 Å². The Balaban J connectivity index is 1.66. The number of hydrogen-bond acceptors (Lipinski definition) is 4. The molecule has 0 radical (unpaired) electrons. The molecule has 0 spiro atoms. The quantitative estimate of drug-likeness (QED) is 0.609. The number of ether oxygens (including phenoxy) is 1. The van der Waals surface area contributed by atoms with Gasteiger partial charge in [-0.25, -0.2) is 9.78 Å². The number of amides is 2. The van der Waals surface area contributed by atoms with Gasteiger partial charge in [0.25, 0.3) is 0 Å². The minimum Gasteiger partial charge on any atom is -0.488 e. The summed E-state index contributed by atoms with van der Waals surface area (Å²) in [6.07, 6.45) is -4.46. The number of anilines is 2. The molecule has 0 saturated carbocycles. The van der Waals surface area contributed by atoms with Gasteiger partial charge in [0, 0.05) is 11.3 Å². The second-order valence-electron chi connectivity index (χ2n) is 7.11. The molecule has 1 aliphatic heterocycles. The van der Waals surface area contributed by atoms with Gasteiger partial charge in [0.2, 0.25) is 0 Å². The zero-order valence-corrected chi connectivity index (χ0v) is 16.8. The first kappa shape index (κ1) is 20.6. The van der Waals surface area contributed by atoms with Crippen LogP contribution in [0.15, 0.2) is 48.5 Å². The minimum atomic E-state index is -4.46. The largest absolute Gasteiger partial charge is 0.488 e. The van der Waals surface area contributed by atoms with Crippen molar-refractivity contribution < 1.29 is 22.7 Å². The van der Waals surface area contributed by atoms with E-state index in [0.717, 1.165) is 17.8 Å². The topological polar surface area (TPSA) is 67.4 Å². The zero-order chi connectivity index (χ0) is 22.2. The van der Waals surface area contributed by atoms with Gasteiger partial charge in [0.1, 0.15) is 6.61 Å². The van der Waals surface area contributed by atoms with Crippen LogP contribution in [0.5, 0.6) is 5.75 Å². The third kappa shape index (κ3) is 4.30. The summed E-state index contributed by atoms with van der Waals surface area (Å²) in [5.74, 6) is 0.632. The van der Waals surface area contributed by atoms with E-state index in [1.54, 1.807) is 37.3 Å². The van der Waals surface area contributed by atoms with E-state index in [1.165, 1.54) is 11.0 Å². The van der Waals surface area contributed by atoms with E-state index in [9.17, 15) is 18.0 Å². The Labute approximate surface area is 176 Å². The van der Waals surface area contributed by atoms with Crippen molar-refractivity contribution in [3.8, 4) is 17.0 Å². The lowest BCUT2D eigenvalue weighted by Crippen LogP contribution is -2.41. The molecule has 1 aromatic carbocycles. The number of halogens is 3. The molecular formula is C22H19F3N4O2. The minimum absolute atomic E-state index is 0.246. The molecule has 4 rings (SSSR count). The number of hydrogen-bond donors (Lipinski definition) is 1. The third-order valence-corrected chi connectivity index (χ3v) is 4.86. The van der Waals surface area contributed by atoms with E-state index in [1.807, 2.05) is 6.92 Å². The molecule has 0 aliphatic carbocycles. The van der Waals surface area contributed by atoms with Crippen molar-refractivity contribution in [1.82, 2.24) is 9.97 Å². The number of fused-ring (bicyclic) bond motifs is 1. The molecular weight excluding hydrogens is 409 g/mol. The van der Waals surface area contributed by atoms with Gasteiger partial charge in [-0.3, -0.25) is 9.88 Å². The number of urea groups is 1. The van der Waals surface area contributed by atoms with Crippen LogP contribution in [-0.2, 0) is 6.18 Å². The Morgan fingerprint density at radius 2 is 1.90 bits per heavy atom. The van der Waals surface area contributed by atoms with Crippen LogP contribution in [0.1, 0.15) is 17.0 Å². The molecule has 1 N–H and O–H groups in total. The van der Waals surface area contributed by atoms with Crippen LogP contribution in [-0.4, -0.2) is 29.2 Å². The number of alkyl halides is 3. The van der Waals surface area contributed by atoms with E-state index < -0.39 is 17.8 Å². The van der Waals surface area contributed by atoms with Crippen LogP contribution >= 0.6 is 0 Å². The van der Waals surface area contributed by atoms with Crippen LogP contribution in [0.25, 0.3) is 11.3 Å². The Morgan fingerprint density at radius 3 is 2.65 bits per heavy atom. The molecule has 31 heavy (non-hydrogen) atoms. The number of aromatic nitrogens is 2. The van der Waals surface area contributed by atoms with E-state index in [0.29, 0.717) is 28.4 Å². The molecule has 0 atom stereocenters. The monoisotopic (exact) mass is 428 g/mol. The lowest BCUT2D eigenvalue weighted by Gasteiger charge is -2.29. The molecule has 9 heteroatoms. The van der Waals surface area contributed by atoms with E-state index >= 15 is 0 Å². The predicted molar refractivity (Wildman–Crippen MR) is 110 cm³/mol. The summed E-state index contributed by atoms with van der Waals surface area (Å²) in [5, 5.41) is 2.82. The van der Waals surface area contributed by atoms with Gasteiger partial charge in [-0.2, -0.15) is 13.2 Å². The van der Waals surface area contributed by atoms with Gasteiger partial charge in [-0.05, 0) is 50.2 Å². The van der Waals surface area contributed by atoms with Crippen molar-refractivity contribution in [3.05, 3.63) is 65.5 Å². The molecule has 2 aromatic heterocycles. The molecule has 0 bridgehead atoms. The normalized spacial score (nSPS) is 13.4. The lowest BCUT2D eigenvalue weighted by atomic mass is 10.1. The number of carbonyl (C=O) groups is 1. The SMILES string of the molecule is Cc1ccc(NC(=O)N2CCOc3ccc(-c4cccc(C(F)(F)F)c4)nc32)c(C)n1. The molecule has 0 saturated heterocycles. The first-order valence-electron chi connectivity index (χ1n) is 9.56. The second kappa shape index (κ2) is 7.90. The number of rotatable bonds is 2. The number of nitrogens with zero attached hydrogens (tertiary/aromatic N) is 3. The fraction of sp³-hybridized carbons (Fsp3) is 0.227. The average Bonchev–Trinajstić information content (AvgIpc) is 2.74. The highest BCUT2D eigenvalue weighted by Gasteiger charge is 2.31. The van der Waals surface area contributed by atoms with Gasteiger partial charge in [-0.1, -0.05) is 12.1 Å². The maximum Gasteiger partial charge on any atom is 0.416 e. The fourth-order valence-electron chi connectivity index (χ4n) is 3.31. The summed E-state index contributed by atoms with van der Waals surface area (Å²) < 4.78 is 44.8. The summed E-state index contributed by atoms with van der Waals surface area (Å²) in [6, 6.07) is 11.2. The molecule has 6 nitrogen and oxygen atoms in total. The zero-order valence-electron chi connectivity index (χ0n) is 16.8. The summed E-state index contributed by atoms with van der Waals surface area (Å²) in [6.45, 7) is 4.17. The number of carbonyl (C=O) groups excluding carboxylic acids is 1. The number of nitrogens with one attached hydrogen (secondary N) is 1. The fourth-order valence-corrected chi connectivity index (χ4v) is 3.31. The Morgan fingerprint density at radius 1 is 1.10 bits per heavy atom. The van der Waals surface area contributed by atoms with E-state index in [4.69, 9.17) is 4.74 Å². The van der Waals surface area contributed by atoms with Gasteiger partial charge in [-0.15, -0.1) is 0 Å². The Hall–Kier alpha value is -3.62. The molecule has 2 amide bonds. The van der Waals surface area contributed by atoms with Crippen LogP contribution < -0.4 is 15.0 Å². The molecule has 3 aromatic rings. The van der Waals surface area contributed by atoms with Crippen LogP contribution in [0, 0.1) is 13.8 Å². The summed E-state index contributed by atoms with van der Waals surface area (Å²) >= 11 is 0. The van der Waals surface area contributed by atoms with Crippen molar-refractivity contribution >= 4 is 17.5 Å². The highest BCUT2D eigenvalue weighted by Crippen LogP contribution is 2.35. The molecule has 0 fully saturated rings. The average molecular weight is 428 g/mol. The van der Waals surface area contributed by atoms with Crippen molar-refractivity contribution in [3.63, 3.8) is 0 Å². The van der Waals surface area contributed by atoms with Crippen molar-refractivity contribution in [2.75, 3.05) is 23.4 Å². The van der Waals surface area contributed by atoms with E-state index in [2.05, 4.69) is 15.3 Å². The lowest BCUT2D eigenvalue weighted by molar-refractivity contribution is -0.137. The van der Waals surface area contributed by atoms with Crippen LogP contribution in [0.4, 0.5) is 29.5 Å². The second-order valence-corrected chi connectivity index (χ2v) is 7.11. The van der Waals surface area contributed by atoms with Crippen LogP contribution in [0.3, 0.4) is 0 Å². The summed E-state index contributed by atoms with van der Waals surface area (Å²) in [4.78, 5) is 23.1. The first-order valence-corrected chi connectivity index (χ1v) is 9.56. The summed E-state index contributed by atoms with van der Waals surface area (Å²) in [5.41, 5.74) is 1.91. The number of benzene rings is 1. The number of aryl methyl sites for hydroxylation is 2. The molecule has 160 valence electrons. The van der Waals surface area contributed by atoms with Gasteiger partial charge in [0.15, 0.2) is 11.6 Å². The molecule has 1 aliphatic rings. The van der Waals surface area contributed by atoms with Crippen molar-refractivity contribution in [2.24, 2.45) is 0 Å². The molecule has 3 heterocycles. The third-order valence-electron chi connectivity index (χ3n) is 4.86. The highest BCUT2D eigenvalue weighted by molar-refractivity contribution is 6.02. The maximum absolute atomic E-state index is 13.1. The highest BCUT2D eigenvalue weighted by atomic mass is 19.4. The Kier molecular flexibility index (Phi) is 5.26.